The van der Waals surface area contributed by atoms with Gasteiger partial charge in [-0.25, -0.2) is 14.0 Å². The molecule has 2 aromatic carbocycles. The summed E-state index contributed by atoms with van der Waals surface area (Å²) < 4.78 is 20.5. The van der Waals surface area contributed by atoms with E-state index in [2.05, 4.69) is 10.6 Å². The van der Waals surface area contributed by atoms with E-state index in [0.717, 1.165) is 22.6 Å². The van der Waals surface area contributed by atoms with Crippen molar-refractivity contribution in [1.82, 2.24) is 15.1 Å². The third-order valence-corrected chi connectivity index (χ3v) is 9.74. The van der Waals surface area contributed by atoms with E-state index in [-0.39, 0.29) is 78.4 Å². The van der Waals surface area contributed by atoms with E-state index >= 15 is 0 Å². The molecule has 15 nitrogen and oxygen atoms in total. The monoisotopic (exact) mass is 756 g/mol. The van der Waals surface area contributed by atoms with Gasteiger partial charge in [-0.1, -0.05) is 0 Å². The molecule has 4 amide bonds. The summed E-state index contributed by atoms with van der Waals surface area (Å²) in [7, 11) is 0. The number of rotatable bonds is 12. The molecule has 3 aliphatic rings. The predicted molar refractivity (Wildman–Crippen MR) is 181 cm³/mol. The van der Waals surface area contributed by atoms with Gasteiger partial charge in [-0.3, -0.25) is 24.1 Å². The van der Waals surface area contributed by atoms with Crippen LogP contribution in [0.1, 0.15) is 23.8 Å². The maximum Gasteiger partial charge on any atom is 1.00 e. The second-order valence-electron chi connectivity index (χ2n) is 12.0. The second-order valence-corrected chi connectivity index (χ2v) is 13.1. The average molecular weight is 757 g/mol. The van der Waals surface area contributed by atoms with Gasteiger partial charge in [0.1, 0.15) is 22.9 Å². The van der Waals surface area contributed by atoms with Crippen LogP contribution in [0.25, 0.3) is 0 Å². The van der Waals surface area contributed by atoms with E-state index < -0.39 is 59.2 Å². The summed E-state index contributed by atoms with van der Waals surface area (Å²) in [5.41, 5.74) is 1.49. The number of carboxylic acid groups (broad SMARTS) is 2. The fourth-order valence-electron chi connectivity index (χ4n) is 5.84. The molecule has 0 radical (unpaired) electrons. The first kappa shape index (κ1) is 39.0. The Morgan fingerprint density at radius 3 is 2.40 bits per heavy atom. The smallest absolute Gasteiger partial charge is 1.00 e. The molecule has 18 heteroatoms. The van der Waals surface area contributed by atoms with Crippen LogP contribution in [0.3, 0.4) is 0 Å². The average Bonchev–Trinajstić information content (AvgIpc) is 3.45. The number of aromatic nitrogens is 1. The molecule has 53 heavy (non-hydrogen) atoms. The van der Waals surface area contributed by atoms with Crippen molar-refractivity contribution in [3.05, 3.63) is 107 Å². The number of hydrogen-bond acceptors (Lipinski definition) is 9. The molecule has 6 rings (SSSR count). The summed E-state index contributed by atoms with van der Waals surface area (Å²) in [5, 5.41) is 32.8. The van der Waals surface area contributed by atoms with Gasteiger partial charge < -0.3 is 37.0 Å². The molecule has 270 valence electrons. The van der Waals surface area contributed by atoms with Gasteiger partial charge >= 0.3 is 41.5 Å². The number of nitrogens with zero attached hydrogens (tertiary/aromatic N) is 3. The van der Waals surface area contributed by atoms with Gasteiger partial charge in [-0.15, -0.1) is 11.8 Å². The number of β-lactam (4-membered cyclic amide) rings is 1. The topological polar surface area (TPSA) is 207 Å². The van der Waals surface area contributed by atoms with Crippen molar-refractivity contribution in [2.45, 2.75) is 30.9 Å². The van der Waals surface area contributed by atoms with Crippen LogP contribution in [-0.2, 0) is 37.1 Å². The van der Waals surface area contributed by atoms with Gasteiger partial charge in [0.15, 0.2) is 30.6 Å². The Morgan fingerprint density at radius 1 is 1.02 bits per heavy atom. The zero-order chi connectivity index (χ0) is 37.1. The van der Waals surface area contributed by atoms with E-state index in [1.54, 1.807) is 34.0 Å². The molecular formula is C35H32FN5NaO10S+. The van der Waals surface area contributed by atoms with Crippen molar-refractivity contribution in [3.8, 4) is 11.5 Å². The van der Waals surface area contributed by atoms with Crippen LogP contribution in [0.5, 0.6) is 11.5 Å². The van der Waals surface area contributed by atoms with Gasteiger partial charge in [0.25, 0.3) is 17.7 Å². The summed E-state index contributed by atoms with van der Waals surface area (Å²) >= 11 is 1.26. The van der Waals surface area contributed by atoms with Crippen LogP contribution in [0.4, 0.5) is 10.1 Å². The molecule has 3 aliphatic heterocycles. The summed E-state index contributed by atoms with van der Waals surface area (Å²) in [5.74, 6) is -5.31. The number of carbonyl (C=O) groups excluding carboxylic acids is 4. The number of ether oxygens (including phenoxy) is 1. The molecule has 0 spiro atoms. The molecular weight excluding hydrogens is 724 g/mol. The van der Waals surface area contributed by atoms with Gasteiger partial charge in [0.05, 0.1) is 5.56 Å². The first-order valence-corrected chi connectivity index (χ1v) is 16.9. The zero-order valence-electron chi connectivity index (χ0n) is 29.2. The number of aromatic hydroxyl groups is 1. The number of anilines is 1. The number of aromatic carboxylic acids is 1. The first-order chi connectivity index (χ1) is 24.9. The van der Waals surface area contributed by atoms with Gasteiger partial charge in [0.2, 0.25) is 12.5 Å². The summed E-state index contributed by atoms with van der Waals surface area (Å²) in [4.78, 5) is 77.4. The Bertz CT molecular complexity index is 2050. The Labute approximate surface area is 328 Å². The molecule has 2 saturated heterocycles. The molecule has 5 N–H and O–H groups in total. The van der Waals surface area contributed by atoms with Crippen molar-refractivity contribution >= 4 is 53.0 Å². The van der Waals surface area contributed by atoms with Crippen molar-refractivity contribution in [2.24, 2.45) is 0 Å². The fraction of sp³-hybridized carbons (Fsp3) is 0.229. The minimum Gasteiger partial charge on any atom is -1.00 e. The molecule has 2 atom stereocenters. The summed E-state index contributed by atoms with van der Waals surface area (Å²) in [6.07, 6.45) is 5.21. The molecule has 0 unspecified atom stereocenters. The molecule has 0 bridgehead atoms. The van der Waals surface area contributed by atoms with Crippen molar-refractivity contribution in [3.63, 3.8) is 0 Å². The number of hydrogen-bond donors (Lipinski definition) is 5. The molecule has 1 aromatic heterocycles. The number of aliphatic carboxylic acids is 1. The number of phenols is 1. The Balaban J connectivity index is 0.00000325. The maximum atomic E-state index is 13.6. The van der Waals surface area contributed by atoms with Gasteiger partial charge in [0, 0.05) is 48.3 Å². The van der Waals surface area contributed by atoms with Gasteiger partial charge in [-0.2, -0.15) is 4.57 Å². The number of halogens is 1. The SMILES string of the molecule is O=C(C[n+]1ccc(CN2CC/C(=C\C3=C(C(=O)O)N4C(=O)[C@@H](NC(=O)COc5ccc(C(=O)O)cc5)[C@H]4SC3)C2=O)cc1)Nc1ccc(O)c(F)c1.[H-].[Na+]. The number of nitrogens with one attached hydrogen (secondary N) is 2. The number of carboxylic acids is 2. The normalized spacial score (nSPS) is 18.5. The number of fused-ring (bicyclic) bond motifs is 1. The minimum atomic E-state index is -1.34. The standard InChI is InChI=1S/C35H30FN5O10S.Na.H/c36-25-14-23(3-6-26(25)42)37-27(43)16-39-10-7-19(8-11-39)15-40-12-9-21(31(40)45)13-22-18-52-33-29(32(46)41(33)30(22)35(49)50)38-28(44)17-51-24-4-1-20(2-5-24)34(47)48;;/h1-8,10-11,13-14,29,33H,9,12,15-18H2,(H4-,37,38,42,43,44,47,48,49,50);;/q;+1;-1/p+1/b21-13+;;/t29-,33-;;/m1../s1. The number of pyridine rings is 1. The summed E-state index contributed by atoms with van der Waals surface area (Å²) in [6.45, 7) is 0.141. The predicted octanol–water partition coefficient (Wildman–Crippen LogP) is -1.25. The number of allylic oxidation sites excluding steroid dienone is 1. The number of benzene rings is 2. The van der Waals surface area contributed by atoms with E-state index in [4.69, 9.17) is 9.84 Å². The number of thioether (sulfide) groups is 1. The van der Waals surface area contributed by atoms with Crippen LogP contribution >= 0.6 is 11.8 Å². The summed E-state index contributed by atoms with van der Waals surface area (Å²) in [6, 6.07) is 11.5. The second kappa shape index (κ2) is 16.6. The zero-order valence-corrected chi connectivity index (χ0v) is 31.0. The van der Waals surface area contributed by atoms with Gasteiger partial charge in [-0.05, 0) is 60.0 Å². The van der Waals surface area contributed by atoms with Crippen molar-refractivity contribution in [2.75, 3.05) is 24.2 Å². The van der Waals surface area contributed by atoms with Crippen molar-refractivity contribution in [1.29, 1.82) is 0 Å². The number of likely N-dealkylation sites (tertiary alicyclic amines) is 1. The quantitative estimate of drug-likeness (QED) is 0.0486. The Morgan fingerprint density at radius 2 is 1.74 bits per heavy atom. The number of amides is 4. The molecule has 0 aliphatic carbocycles. The maximum absolute atomic E-state index is 13.6. The Kier molecular flexibility index (Phi) is 12.2. The first-order valence-electron chi connectivity index (χ1n) is 15.8. The van der Waals surface area contributed by atoms with E-state index in [1.165, 1.54) is 48.2 Å². The molecule has 4 heterocycles. The number of phenolic OH excluding ortho intramolecular Hbond substituents is 1. The van der Waals surface area contributed by atoms with Crippen molar-refractivity contribution < 1.29 is 88.8 Å². The molecule has 3 aromatic rings. The van der Waals surface area contributed by atoms with Crippen LogP contribution < -0.4 is 49.5 Å². The van der Waals surface area contributed by atoms with Crippen LogP contribution in [0.15, 0.2) is 89.9 Å². The van der Waals surface area contributed by atoms with Crippen LogP contribution in [-0.4, -0.2) is 91.0 Å². The molecule has 2 fully saturated rings. The Hall–Kier alpha value is -5.23. The molecule has 0 saturated carbocycles. The fourth-order valence-corrected chi connectivity index (χ4v) is 7.15. The largest absolute Gasteiger partial charge is 1.00 e. The van der Waals surface area contributed by atoms with E-state index in [9.17, 15) is 43.4 Å². The third-order valence-electron chi connectivity index (χ3n) is 8.44. The minimum absolute atomic E-state index is 0. The van der Waals surface area contributed by atoms with Crippen LogP contribution in [0, 0.1) is 5.82 Å². The number of carbonyl (C=O) groups is 6. The third kappa shape index (κ3) is 8.88. The van der Waals surface area contributed by atoms with E-state index in [1.807, 2.05) is 0 Å². The van der Waals surface area contributed by atoms with Crippen LogP contribution in [0.2, 0.25) is 0 Å². The van der Waals surface area contributed by atoms with E-state index in [0.29, 0.717) is 24.1 Å².